The van der Waals surface area contributed by atoms with Crippen molar-refractivity contribution in [3.8, 4) is 0 Å². The maximum atomic E-state index is 12.0. The van der Waals surface area contributed by atoms with Crippen LogP contribution in [0.3, 0.4) is 0 Å². The number of aromatic nitrogens is 2. The molecule has 2 rings (SSSR count). The maximum absolute atomic E-state index is 12.0. The van der Waals surface area contributed by atoms with E-state index >= 15 is 0 Å². The van der Waals surface area contributed by atoms with Gasteiger partial charge in [-0.25, -0.2) is 10.2 Å². The summed E-state index contributed by atoms with van der Waals surface area (Å²) in [7, 11) is 0. The molecule has 2 aromatic heterocycles. The second-order valence-electron chi connectivity index (χ2n) is 4.69. The number of nitrogens with one attached hydrogen (secondary N) is 2. The third-order valence-electron chi connectivity index (χ3n) is 2.98. The molecule has 0 spiro atoms. The minimum Gasteiger partial charge on any atom is -0.450 e. The third kappa shape index (κ3) is 4.35. The second-order valence-corrected chi connectivity index (χ2v) is 5.47. The number of carbonyl (C=O) groups is 2. The number of aryl methyl sites for hydroxylation is 1. The lowest BCUT2D eigenvalue weighted by molar-refractivity contribution is 0.0954. The fraction of sp³-hybridized carbons (Fsp3) is 0.267. The quantitative estimate of drug-likeness (QED) is 0.639. The molecule has 2 N–H and O–H groups in total. The van der Waals surface area contributed by atoms with Crippen LogP contribution in [0.25, 0.3) is 0 Å². The lowest BCUT2D eigenvalue weighted by Crippen LogP contribution is -2.20. The molecule has 2 amide bonds. The molecular weight excluding hydrogens is 330 g/mol. The lowest BCUT2D eigenvalue weighted by Gasteiger charge is -2.06. The molecule has 2 aromatic rings. The maximum Gasteiger partial charge on any atom is 0.412 e. The number of hydrazone groups is 1. The minimum atomic E-state index is -0.559. The average Bonchev–Trinajstić information content (AvgIpc) is 2.93. The van der Waals surface area contributed by atoms with Crippen LogP contribution in [-0.2, 0) is 4.74 Å². The van der Waals surface area contributed by atoms with Crippen molar-refractivity contribution < 1.29 is 14.3 Å². The highest BCUT2D eigenvalue weighted by Crippen LogP contribution is 2.25. The zero-order valence-corrected chi connectivity index (χ0v) is 14.3. The number of ether oxygens (including phenoxy) is 1. The summed E-state index contributed by atoms with van der Waals surface area (Å²) in [6.45, 7) is 5.51. The summed E-state index contributed by atoms with van der Waals surface area (Å²) in [4.78, 5) is 27.4. The van der Waals surface area contributed by atoms with E-state index in [0.29, 0.717) is 27.5 Å². The van der Waals surface area contributed by atoms with Crippen LogP contribution in [0.5, 0.6) is 0 Å². The molecule has 0 bridgehead atoms. The molecule has 24 heavy (non-hydrogen) atoms. The van der Waals surface area contributed by atoms with Gasteiger partial charge < -0.3 is 4.74 Å². The Bertz CT molecular complexity index is 758. The Morgan fingerprint density at radius 1 is 1.33 bits per heavy atom. The lowest BCUT2D eigenvalue weighted by atomic mass is 10.2. The summed E-state index contributed by atoms with van der Waals surface area (Å²) in [5.74, 6) is -0.350. The SMILES string of the molecule is CCOC(=O)Nc1snc(C)c1/C(C)=N/NC(=O)c1ccncc1. The summed E-state index contributed by atoms with van der Waals surface area (Å²) in [5, 5.41) is 7.23. The van der Waals surface area contributed by atoms with Crippen molar-refractivity contribution in [2.45, 2.75) is 20.8 Å². The normalized spacial score (nSPS) is 11.0. The van der Waals surface area contributed by atoms with E-state index in [1.165, 1.54) is 12.4 Å². The summed E-state index contributed by atoms with van der Waals surface area (Å²) in [5.41, 5.74) is 4.80. The van der Waals surface area contributed by atoms with Gasteiger partial charge in [-0.2, -0.15) is 9.47 Å². The Balaban J connectivity index is 2.14. The van der Waals surface area contributed by atoms with Gasteiger partial charge in [-0.3, -0.25) is 15.1 Å². The number of hydrogen-bond acceptors (Lipinski definition) is 7. The zero-order chi connectivity index (χ0) is 17.5. The van der Waals surface area contributed by atoms with Crippen LogP contribution in [-0.4, -0.2) is 33.7 Å². The predicted molar refractivity (Wildman–Crippen MR) is 91.4 cm³/mol. The molecule has 0 radical (unpaired) electrons. The largest absolute Gasteiger partial charge is 0.450 e. The van der Waals surface area contributed by atoms with Gasteiger partial charge in [-0.15, -0.1) is 0 Å². The Labute approximate surface area is 143 Å². The molecule has 0 saturated heterocycles. The van der Waals surface area contributed by atoms with Crippen molar-refractivity contribution in [3.05, 3.63) is 41.3 Å². The number of nitrogens with zero attached hydrogens (tertiary/aromatic N) is 3. The molecular formula is C15H17N5O3S. The Morgan fingerprint density at radius 3 is 2.71 bits per heavy atom. The van der Waals surface area contributed by atoms with E-state index in [1.807, 2.05) is 0 Å². The molecule has 0 aromatic carbocycles. The smallest absolute Gasteiger partial charge is 0.412 e. The van der Waals surface area contributed by atoms with Crippen molar-refractivity contribution in [2.75, 3.05) is 11.9 Å². The molecule has 0 atom stereocenters. The molecule has 0 saturated carbocycles. The van der Waals surface area contributed by atoms with Gasteiger partial charge in [0.1, 0.15) is 5.00 Å². The van der Waals surface area contributed by atoms with Crippen LogP contribution in [0.1, 0.15) is 35.5 Å². The van der Waals surface area contributed by atoms with Gasteiger partial charge >= 0.3 is 6.09 Å². The Morgan fingerprint density at radius 2 is 2.04 bits per heavy atom. The standard InChI is InChI=1S/C15H17N5O3S/c1-4-23-15(22)17-14-12(10(3)20-24-14)9(2)18-19-13(21)11-5-7-16-8-6-11/h5-8H,4H2,1-3H3,(H,17,22)(H,19,21)/b18-9+. The number of anilines is 1. The fourth-order valence-electron chi connectivity index (χ4n) is 1.90. The van der Waals surface area contributed by atoms with Gasteiger partial charge in [0.05, 0.1) is 23.6 Å². The number of rotatable bonds is 5. The van der Waals surface area contributed by atoms with Gasteiger partial charge in [0.25, 0.3) is 5.91 Å². The molecule has 8 nitrogen and oxygen atoms in total. The van der Waals surface area contributed by atoms with Gasteiger partial charge in [0.2, 0.25) is 0 Å². The number of amides is 2. The molecule has 126 valence electrons. The first-order chi connectivity index (χ1) is 11.5. The van der Waals surface area contributed by atoms with E-state index in [2.05, 4.69) is 25.2 Å². The molecule has 0 aliphatic rings. The highest BCUT2D eigenvalue weighted by Gasteiger charge is 2.16. The number of pyridine rings is 1. The van der Waals surface area contributed by atoms with Crippen molar-refractivity contribution in [1.29, 1.82) is 0 Å². The van der Waals surface area contributed by atoms with Crippen LogP contribution < -0.4 is 10.7 Å². The van der Waals surface area contributed by atoms with Crippen molar-refractivity contribution in [2.24, 2.45) is 5.10 Å². The molecule has 0 aliphatic heterocycles. The molecule has 0 unspecified atom stereocenters. The molecule has 9 heteroatoms. The van der Waals surface area contributed by atoms with E-state index in [0.717, 1.165) is 11.5 Å². The topological polar surface area (TPSA) is 106 Å². The van der Waals surface area contributed by atoms with Gasteiger partial charge in [-0.1, -0.05) is 0 Å². The predicted octanol–water partition coefficient (Wildman–Crippen LogP) is 2.57. The number of carbonyl (C=O) groups excluding carboxylic acids is 2. The summed E-state index contributed by atoms with van der Waals surface area (Å²) in [6.07, 6.45) is 2.50. The zero-order valence-electron chi connectivity index (χ0n) is 13.5. The first kappa shape index (κ1) is 17.5. The average molecular weight is 347 g/mol. The van der Waals surface area contributed by atoms with Crippen molar-refractivity contribution >= 4 is 34.2 Å². The van der Waals surface area contributed by atoms with Gasteiger partial charge in [0.15, 0.2) is 0 Å². The highest BCUT2D eigenvalue weighted by atomic mass is 32.1. The van der Waals surface area contributed by atoms with Crippen LogP contribution >= 0.6 is 11.5 Å². The monoisotopic (exact) mass is 347 g/mol. The van der Waals surface area contributed by atoms with Crippen LogP contribution in [0.2, 0.25) is 0 Å². The van der Waals surface area contributed by atoms with E-state index in [1.54, 1.807) is 32.9 Å². The van der Waals surface area contributed by atoms with E-state index in [4.69, 9.17) is 4.74 Å². The summed E-state index contributed by atoms with van der Waals surface area (Å²) < 4.78 is 9.06. The Kier molecular flexibility index (Phi) is 5.96. The summed E-state index contributed by atoms with van der Waals surface area (Å²) >= 11 is 1.13. The number of hydrogen-bond donors (Lipinski definition) is 2. The molecule has 0 aliphatic carbocycles. The molecule has 2 heterocycles. The fourth-order valence-corrected chi connectivity index (χ4v) is 2.73. The summed E-state index contributed by atoms with van der Waals surface area (Å²) in [6, 6.07) is 3.18. The van der Waals surface area contributed by atoms with Crippen molar-refractivity contribution in [3.63, 3.8) is 0 Å². The van der Waals surface area contributed by atoms with E-state index < -0.39 is 6.09 Å². The first-order valence-electron chi connectivity index (χ1n) is 7.18. The minimum absolute atomic E-state index is 0.272. The van der Waals surface area contributed by atoms with Crippen LogP contribution in [0, 0.1) is 6.92 Å². The molecule has 0 fully saturated rings. The van der Waals surface area contributed by atoms with Crippen LogP contribution in [0.15, 0.2) is 29.6 Å². The van der Waals surface area contributed by atoms with Gasteiger partial charge in [0, 0.05) is 18.0 Å². The second kappa shape index (κ2) is 8.16. The first-order valence-corrected chi connectivity index (χ1v) is 7.95. The van der Waals surface area contributed by atoms with Gasteiger partial charge in [-0.05, 0) is 44.4 Å². The van der Waals surface area contributed by atoms with E-state index in [-0.39, 0.29) is 12.5 Å². The van der Waals surface area contributed by atoms with E-state index in [9.17, 15) is 9.59 Å². The highest BCUT2D eigenvalue weighted by molar-refractivity contribution is 7.11. The van der Waals surface area contributed by atoms with Crippen LogP contribution in [0.4, 0.5) is 9.80 Å². The van der Waals surface area contributed by atoms with Crippen molar-refractivity contribution in [1.82, 2.24) is 14.8 Å². The Hall–Kier alpha value is -2.81. The third-order valence-corrected chi connectivity index (χ3v) is 3.84.